The van der Waals surface area contributed by atoms with Crippen LogP contribution in [0.25, 0.3) is 0 Å². The average molecular weight is 554 g/mol. The Labute approximate surface area is 230 Å². The van der Waals surface area contributed by atoms with Crippen molar-refractivity contribution in [3.8, 4) is 0 Å². The van der Waals surface area contributed by atoms with E-state index in [1.54, 1.807) is 44.2 Å². The molecule has 0 aromatic heterocycles. The summed E-state index contributed by atoms with van der Waals surface area (Å²) in [4.78, 5) is 28.4. The van der Waals surface area contributed by atoms with Crippen LogP contribution in [0.15, 0.2) is 77.7 Å². The van der Waals surface area contributed by atoms with Crippen LogP contribution >= 0.6 is 0 Å². The maximum atomic E-state index is 13.9. The Hall–Kier alpha value is -3.72. The second kappa shape index (κ2) is 12.0. The molecule has 0 saturated heterocycles. The average Bonchev–Trinajstić information content (AvgIpc) is 2.87. The molecule has 0 radical (unpaired) electrons. The Balaban J connectivity index is 2.06. The lowest BCUT2D eigenvalue weighted by molar-refractivity contribution is -0.140. The molecule has 0 saturated carbocycles. The summed E-state index contributed by atoms with van der Waals surface area (Å²) in [7, 11) is -4.14. The Bertz CT molecular complexity index is 1420. The second-order valence-electron chi connectivity index (χ2n) is 10.6. The first-order valence-corrected chi connectivity index (χ1v) is 14.1. The molecule has 9 heteroatoms. The first-order chi connectivity index (χ1) is 18.2. The molecular formula is C30H36FN3O4S. The summed E-state index contributed by atoms with van der Waals surface area (Å²) in [5.41, 5.74) is 2.02. The Morgan fingerprint density at radius 2 is 1.54 bits per heavy atom. The molecule has 0 fully saturated rings. The van der Waals surface area contributed by atoms with Crippen LogP contribution in [0.3, 0.4) is 0 Å². The van der Waals surface area contributed by atoms with Gasteiger partial charge in [-0.1, -0.05) is 42.5 Å². The normalized spacial score (nSPS) is 12.5. The molecule has 3 aromatic carbocycles. The fourth-order valence-corrected chi connectivity index (χ4v) is 5.57. The minimum absolute atomic E-state index is 0.0101. The van der Waals surface area contributed by atoms with E-state index in [9.17, 15) is 22.4 Å². The van der Waals surface area contributed by atoms with Crippen molar-refractivity contribution in [2.24, 2.45) is 0 Å². The number of carbonyl (C=O) groups is 2. The van der Waals surface area contributed by atoms with Crippen molar-refractivity contribution in [2.75, 3.05) is 10.8 Å². The van der Waals surface area contributed by atoms with E-state index in [0.29, 0.717) is 16.8 Å². The van der Waals surface area contributed by atoms with Crippen LogP contribution in [-0.4, -0.2) is 43.3 Å². The van der Waals surface area contributed by atoms with Crippen molar-refractivity contribution >= 4 is 27.5 Å². The standard InChI is InChI=1S/C30H36FN3O4S/c1-21-11-10-14-27(22(21)2)34(39(37,38)26-12-8-7-9-13-26)20-28(35)33(19-24-15-17-25(31)18-16-24)23(3)29(36)32-30(4,5)6/h7-18,23H,19-20H2,1-6H3,(H,32,36). The predicted octanol–water partition coefficient (Wildman–Crippen LogP) is 4.97. The van der Waals surface area contributed by atoms with Crippen molar-refractivity contribution in [3.63, 3.8) is 0 Å². The van der Waals surface area contributed by atoms with E-state index in [1.165, 1.54) is 41.3 Å². The molecule has 208 valence electrons. The predicted molar refractivity (Wildman–Crippen MR) is 151 cm³/mol. The van der Waals surface area contributed by atoms with Crippen LogP contribution in [-0.2, 0) is 26.2 Å². The fourth-order valence-electron chi connectivity index (χ4n) is 4.08. The van der Waals surface area contributed by atoms with Crippen LogP contribution in [0, 0.1) is 19.7 Å². The van der Waals surface area contributed by atoms with Gasteiger partial charge in [-0.05, 0) is 88.6 Å². The van der Waals surface area contributed by atoms with E-state index in [0.717, 1.165) is 9.87 Å². The van der Waals surface area contributed by atoms with Gasteiger partial charge in [0.2, 0.25) is 11.8 Å². The van der Waals surface area contributed by atoms with Gasteiger partial charge in [-0.15, -0.1) is 0 Å². The number of benzene rings is 3. The van der Waals surface area contributed by atoms with Gasteiger partial charge < -0.3 is 10.2 Å². The zero-order valence-corrected chi connectivity index (χ0v) is 24.0. The molecule has 0 spiro atoms. The van der Waals surface area contributed by atoms with Gasteiger partial charge in [0.1, 0.15) is 18.4 Å². The number of halogens is 1. The van der Waals surface area contributed by atoms with E-state index in [4.69, 9.17) is 0 Å². The third kappa shape index (κ3) is 7.44. The van der Waals surface area contributed by atoms with E-state index in [-0.39, 0.29) is 17.3 Å². The molecule has 7 nitrogen and oxygen atoms in total. The lowest BCUT2D eigenvalue weighted by Gasteiger charge is -2.34. The first-order valence-electron chi connectivity index (χ1n) is 12.7. The zero-order valence-electron chi connectivity index (χ0n) is 23.2. The minimum atomic E-state index is -4.14. The summed E-state index contributed by atoms with van der Waals surface area (Å²) in [5, 5.41) is 2.88. The molecule has 0 aliphatic carbocycles. The maximum Gasteiger partial charge on any atom is 0.264 e. The highest BCUT2D eigenvalue weighted by atomic mass is 32.2. The van der Waals surface area contributed by atoms with Gasteiger partial charge >= 0.3 is 0 Å². The van der Waals surface area contributed by atoms with Crippen molar-refractivity contribution in [1.82, 2.24) is 10.2 Å². The van der Waals surface area contributed by atoms with E-state index < -0.39 is 39.9 Å². The molecular weight excluding hydrogens is 517 g/mol. The Morgan fingerprint density at radius 1 is 0.923 bits per heavy atom. The van der Waals surface area contributed by atoms with Crippen molar-refractivity contribution in [3.05, 3.63) is 95.3 Å². The summed E-state index contributed by atoms with van der Waals surface area (Å²) in [5.74, 6) is -1.39. The third-order valence-corrected chi connectivity index (χ3v) is 8.16. The van der Waals surface area contributed by atoms with Gasteiger partial charge in [-0.2, -0.15) is 0 Å². The van der Waals surface area contributed by atoms with Gasteiger partial charge in [0.15, 0.2) is 0 Å². The smallest absolute Gasteiger partial charge is 0.264 e. The van der Waals surface area contributed by atoms with Crippen molar-refractivity contribution < 1.29 is 22.4 Å². The summed E-state index contributed by atoms with van der Waals surface area (Å²) in [6.07, 6.45) is 0. The Morgan fingerprint density at radius 3 is 2.13 bits per heavy atom. The summed E-state index contributed by atoms with van der Waals surface area (Å²) in [6.45, 7) is 10.2. The number of amides is 2. The number of hydrogen-bond acceptors (Lipinski definition) is 4. The molecule has 1 unspecified atom stereocenters. The van der Waals surface area contributed by atoms with E-state index >= 15 is 0 Å². The summed E-state index contributed by atoms with van der Waals surface area (Å²) in [6, 6.07) is 17.9. The molecule has 1 N–H and O–H groups in total. The van der Waals surface area contributed by atoms with Crippen LogP contribution < -0.4 is 9.62 Å². The van der Waals surface area contributed by atoms with E-state index in [2.05, 4.69) is 5.32 Å². The van der Waals surface area contributed by atoms with Crippen molar-refractivity contribution in [1.29, 1.82) is 0 Å². The number of nitrogens with zero attached hydrogens (tertiary/aromatic N) is 2. The highest BCUT2D eigenvalue weighted by molar-refractivity contribution is 7.92. The third-order valence-electron chi connectivity index (χ3n) is 6.39. The number of nitrogens with one attached hydrogen (secondary N) is 1. The highest BCUT2D eigenvalue weighted by Crippen LogP contribution is 2.29. The van der Waals surface area contributed by atoms with Crippen LogP contribution in [0.5, 0.6) is 0 Å². The van der Waals surface area contributed by atoms with E-state index in [1.807, 2.05) is 33.8 Å². The number of hydrogen-bond donors (Lipinski definition) is 1. The van der Waals surface area contributed by atoms with Gasteiger partial charge in [0.05, 0.1) is 10.6 Å². The van der Waals surface area contributed by atoms with Crippen LogP contribution in [0.2, 0.25) is 0 Å². The molecule has 0 aliphatic heterocycles. The number of anilines is 1. The number of aryl methyl sites for hydroxylation is 1. The molecule has 0 bridgehead atoms. The molecule has 1 atom stereocenters. The van der Waals surface area contributed by atoms with Crippen molar-refractivity contribution in [2.45, 2.75) is 64.6 Å². The first kappa shape index (κ1) is 29.8. The minimum Gasteiger partial charge on any atom is -0.350 e. The molecule has 3 aromatic rings. The lowest BCUT2D eigenvalue weighted by Crippen LogP contribution is -2.54. The Kier molecular flexibility index (Phi) is 9.17. The van der Waals surface area contributed by atoms with Crippen LogP contribution in [0.1, 0.15) is 44.4 Å². The number of carbonyl (C=O) groups excluding carboxylic acids is 2. The second-order valence-corrected chi connectivity index (χ2v) is 12.5. The summed E-state index contributed by atoms with van der Waals surface area (Å²) < 4.78 is 42.4. The topological polar surface area (TPSA) is 86.8 Å². The van der Waals surface area contributed by atoms with Crippen LogP contribution in [0.4, 0.5) is 10.1 Å². The quantitative estimate of drug-likeness (QED) is 0.405. The molecule has 3 rings (SSSR count). The SMILES string of the molecule is Cc1cccc(N(CC(=O)N(Cc2ccc(F)cc2)C(C)C(=O)NC(C)(C)C)S(=O)(=O)c2ccccc2)c1C. The monoisotopic (exact) mass is 553 g/mol. The van der Waals surface area contributed by atoms with Gasteiger partial charge in [-0.3, -0.25) is 13.9 Å². The van der Waals surface area contributed by atoms with Gasteiger partial charge in [0.25, 0.3) is 10.0 Å². The molecule has 39 heavy (non-hydrogen) atoms. The number of rotatable bonds is 9. The number of sulfonamides is 1. The zero-order chi connectivity index (χ0) is 29.0. The largest absolute Gasteiger partial charge is 0.350 e. The lowest BCUT2D eigenvalue weighted by atomic mass is 10.1. The summed E-state index contributed by atoms with van der Waals surface area (Å²) >= 11 is 0. The molecule has 0 heterocycles. The van der Waals surface area contributed by atoms with Gasteiger partial charge in [-0.25, -0.2) is 12.8 Å². The maximum absolute atomic E-state index is 13.9. The molecule has 2 amide bonds. The molecule has 0 aliphatic rings. The fraction of sp³-hybridized carbons (Fsp3) is 0.333. The van der Waals surface area contributed by atoms with Gasteiger partial charge in [0, 0.05) is 12.1 Å². The highest BCUT2D eigenvalue weighted by Gasteiger charge is 2.34.